The van der Waals surface area contributed by atoms with Gasteiger partial charge in [0.25, 0.3) is 0 Å². The highest BCUT2D eigenvalue weighted by Crippen LogP contribution is 2.27. The van der Waals surface area contributed by atoms with Crippen molar-refractivity contribution >= 4 is 0 Å². The van der Waals surface area contributed by atoms with Gasteiger partial charge in [0.2, 0.25) is 0 Å². The minimum Gasteiger partial charge on any atom is -0.496 e. The Balaban J connectivity index is 2.09. The molecule has 4 nitrogen and oxygen atoms in total. The SMILES string of the molecule is COc1cccc(F)c1C(C)NCc1cc(C)on1. The second-order valence-electron chi connectivity index (χ2n) is 4.39. The summed E-state index contributed by atoms with van der Waals surface area (Å²) in [5.41, 5.74) is 1.31. The minimum atomic E-state index is -0.282. The Bertz CT molecular complexity index is 554. The Morgan fingerprint density at radius 1 is 1.47 bits per heavy atom. The van der Waals surface area contributed by atoms with Gasteiger partial charge in [0.1, 0.15) is 17.3 Å². The Hall–Kier alpha value is -1.88. The van der Waals surface area contributed by atoms with Crippen LogP contribution in [0.25, 0.3) is 0 Å². The number of ether oxygens (including phenoxy) is 1. The minimum absolute atomic E-state index is 0.187. The van der Waals surface area contributed by atoms with Gasteiger partial charge in [-0.15, -0.1) is 0 Å². The monoisotopic (exact) mass is 264 g/mol. The molecule has 1 aromatic carbocycles. The first-order valence-corrected chi connectivity index (χ1v) is 6.09. The highest BCUT2D eigenvalue weighted by atomic mass is 19.1. The van der Waals surface area contributed by atoms with Gasteiger partial charge in [-0.05, 0) is 26.0 Å². The van der Waals surface area contributed by atoms with Crippen molar-refractivity contribution < 1.29 is 13.7 Å². The predicted molar refractivity (Wildman–Crippen MR) is 69.4 cm³/mol. The number of aromatic nitrogens is 1. The Labute approximate surface area is 111 Å². The molecule has 0 radical (unpaired) electrons. The van der Waals surface area contributed by atoms with Crippen molar-refractivity contribution in [2.24, 2.45) is 0 Å². The molecule has 0 saturated heterocycles. The topological polar surface area (TPSA) is 47.3 Å². The van der Waals surface area contributed by atoms with Crippen LogP contribution in [0.4, 0.5) is 4.39 Å². The molecule has 1 unspecified atom stereocenters. The first kappa shape index (κ1) is 13.5. The van der Waals surface area contributed by atoms with Gasteiger partial charge in [0.05, 0.1) is 12.8 Å². The molecule has 0 aliphatic rings. The molecule has 0 bridgehead atoms. The van der Waals surface area contributed by atoms with Crippen LogP contribution < -0.4 is 10.1 Å². The Morgan fingerprint density at radius 2 is 2.26 bits per heavy atom. The summed E-state index contributed by atoms with van der Waals surface area (Å²) in [4.78, 5) is 0. The lowest BCUT2D eigenvalue weighted by atomic mass is 10.1. The van der Waals surface area contributed by atoms with Gasteiger partial charge in [-0.25, -0.2) is 4.39 Å². The smallest absolute Gasteiger partial charge is 0.133 e. The summed E-state index contributed by atoms with van der Waals surface area (Å²) in [6.07, 6.45) is 0. The van der Waals surface area contributed by atoms with Gasteiger partial charge in [-0.3, -0.25) is 0 Å². The zero-order valence-corrected chi connectivity index (χ0v) is 11.2. The number of hydrogen-bond acceptors (Lipinski definition) is 4. The van der Waals surface area contributed by atoms with Crippen LogP contribution in [0.5, 0.6) is 5.75 Å². The van der Waals surface area contributed by atoms with Crippen molar-refractivity contribution in [1.82, 2.24) is 10.5 Å². The number of nitrogens with one attached hydrogen (secondary N) is 1. The molecule has 0 aliphatic heterocycles. The average Bonchev–Trinajstić information content (AvgIpc) is 2.81. The van der Waals surface area contributed by atoms with Crippen molar-refractivity contribution in [3.05, 3.63) is 47.1 Å². The van der Waals surface area contributed by atoms with E-state index in [0.29, 0.717) is 17.9 Å². The fourth-order valence-electron chi connectivity index (χ4n) is 1.98. The summed E-state index contributed by atoms with van der Waals surface area (Å²) in [5.74, 6) is 1.01. The molecule has 0 aliphatic carbocycles. The van der Waals surface area contributed by atoms with Gasteiger partial charge >= 0.3 is 0 Å². The second-order valence-corrected chi connectivity index (χ2v) is 4.39. The Morgan fingerprint density at radius 3 is 2.89 bits per heavy atom. The number of rotatable bonds is 5. The molecule has 1 N–H and O–H groups in total. The van der Waals surface area contributed by atoms with Crippen LogP contribution in [-0.2, 0) is 6.54 Å². The molecule has 2 rings (SSSR count). The molecule has 1 aromatic heterocycles. The summed E-state index contributed by atoms with van der Waals surface area (Å²) < 4.78 is 24.0. The molecule has 1 atom stereocenters. The average molecular weight is 264 g/mol. The van der Waals surface area contributed by atoms with E-state index in [1.807, 2.05) is 19.9 Å². The zero-order chi connectivity index (χ0) is 13.8. The fraction of sp³-hybridized carbons (Fsp3) is 0.357. The van der Waals surface area contributed by atoms with E-state index < -0.39 is 0 Å². The van der Waals surface area contributed by atoms with Crippen molar-refractivity contribution in [3.63, 3.8) is 0 Å². The fourth-order valence-corrected chi connectivity index (χ4v) is 1.98. The molecule has 1 heterocycles. The van der Waals surface area contributed by atoms with E-state index in [9.17, 15) is 4.39 Å². The highest BCUT2D eigenvalue weighted by Gasteiger charge is 2.16. The van der Waals surface area contributed by atoms with Crippen molar-refractivity contribution in [2.75, 3.05) is 7.11 Å². The maximum Gasteiger partial charge on any atom is 0.133 e. The first-order valence-electron chi connectivity index (χ1n) is 6.09. The third-order valence-corrected chi connectivity index (χ3v) is 2.93. The van der Waals surface area contributed by atoms with Crippen LogP contribution in [0, 0.1) is 12.7 Å². The molecular weight excluding hydrogens is 247 g/mol. The lowest BCUT2D eigenvalue weighted by Crippen LogP contribution is -2.20. The summed E-state index contributed by atoms with van der Waals surface area (Å²) in [7, 11) is 1.53. The molecule has 102 valence electrons. The number of benzene rings is 1. The number of methoxy groups -OCH3 is 1. The van der Waals surface area contributed by atoms with Gasteiger partial charge in [0.15, 0.2) is 0 Å². The number of aryl methyl sites for hydroxylation is 1. The van der Waals surface area contributed by atoms with Gasteiger partial charge in [-0.2, -0.15) is 0 Å². The lowest BCUT2D eigenvalue weighted by Gasteiger charge is -2.17. The molecular formula is C14H17FN2O2. The quantitative estimate of drug-likeness (QED) is 0.901. The summed E-state index contributed by atoms with van der Waals surface area (Å²) in [6, 6.07) is 6.46. The van der Waals surface area contributed by atoms with E-state index in [2.05, 4.69) is 10.5 Å². The summed E-state index contributed by atoms with van der Waals surface area (Å²) >= 11 is 0. The molecule has 0 spiro atoms. The first-order chi connectivity index (χ1) is 9.11. The van der Waals surface area contributed by atoms with Gasteiger partial charge in [-0.1, -0.05) is 11.2 Å². The van der Waals surface area contributed by atoms with Crippen LogP contribution in [0.15, 0.2) is 28.8 Å². The van der Waals surface area contributed by atoms with Gasteiger partial charge in [0, 0.05) is 24.2 Å². The number of halogens is 1. The molecule has 0 saturated carbocycles. The van der Waals surface area contributed by atoms with E-state index in [0.717, 1.165) is 11.5 Å². The van der Waals surface area contributed by atoms with Crippen molar-refractivity contribution in [1.29, 1.82) is 0 Å². The van der Waals surface area contributed by atoms with Crippen molar-refractivity contribution in [3.8, 4) is 5.75 Å². The summed E-state index contributed by atoms with van der Waals surface area (Å²) in [5, 5.41) is 7.09. The maximum absolute atomic E-state index is 13.9. The standard InChI is InChI=1S/C14H17FN2O2/c1-9-7-11(17-19-9)8-16-10(2)14-12(15)5-4-6-13(14)18-3/h4-7,10,16H,8H2,1-3H3. The van der Waals surface area contributed by atoms with Crippen LogP contribution >= 0.6 is 0 Å². The van der Waals surface area contributed by atoms with E-state index in [4.69, 9.17) is 9.26 Å². The third-order valence-electron chi connectivity index (χ3n) is 2.93. The molecule has 2 aromatic rings. The summed E-state index contributed by atoms with van der Waals surface area (Å²) in [6.45, 7) is 4.23. The molecule has 5 heteroatoms. The largest absolute Gasteiger partial charge is 0.496 e. The van der Waals surface area contributed by atoms with E-state index in [1.165, 1.54) is 13.2 Å². The van der Waals surface area contributed by atoms with Crippen LogP contribution in [0.2, 0.25) is 0 Å². The number of hydrogen-bond donors (Lipinski definition) is 1. The van der Waals surface area contributed by atoms with Crippen LogP contribution in [-0.4, -0.2) is 12.3 Å². The normalized spacial score (nSPS) is 12.4. The van der Waals surface area contributed by atoms with E-state index in [1.54, 1.807) is 12.1 Å². The molecule has 0 amide bonds. The highest BCUT2D eigenvalue weighted by molar-refractivity contribution is 5.36. The lowest BCUT2D eigenvalue weighted by molar-refractivity contribution is 0.381. The van der Waals surface area contributed by atoms with Crippen LogP contribution in [0.3, 0.4) is 0 Å². The maximum atomic E-state index is 13.9. The molecule has 0 fully saturated rings. The Kier molecular flexibility index (Phi) is 4.16. The third kappa shape index (κ3) is 3.12. The van der Waals surface area contributed by atoms with E-state index in [-0.39, 0.29) is 11.9 Å². The van der Waals surface area contributed by atoms with Crippen molar-refractivity contribution in [2.45, 2.75) is 26.4 Å². The zero-order valence-electron chi connectivity index (χ0n) is 11.2. The second kappa shape index (κ2) is 5.84. The molecule has 19 heavy (non-hydrogen) atoms. The number of nitrogens with zero attached hydrogens (tertiary/aromatic N) is 1. The van der Waals surface area contributed by atoms with E-state index >= 15 is 0 Å². The van der Waals surface area contributed by atoms with Crippen LogP contribution in [0.1, 0.15) is 30.0 Å². The van der Waals surface area contributed by atoms with Gasteiger partial charge < -0.3 is 14.6 Å². The predicted octanol–water partition coefficient (Wildman–Crippen LogP) is 2.98.